The minimum absolute atomic E-state index is 0. The van der Waals surface area contributed by atoms with E-state index in [0.717, 1.165) is 30.5 Å². The molecule has 0 N–H and O–H groups in total. The van der Waals surface area contributed by atoms with Gasteiger partial charge in [-0.05, 0) is 20.8 Å². The van der Waals surface area contributed by atoms with Crippen molar-refractivity contribution in [1.82, 2.24) is 0 Å². The van der Waals surface area contributed by atoms with E-state index in [1.165, 1.54) is 0 Å². The molecule has 1 fully saturated rings. The fourth-order valence-electron chi connectivity index (χ4n) is 2.00. The molecule has 2 atom stereocenters. The molecule has 1 rings (SSSR count). The summed E-state index contributed by atoms with van der Waals surface area (Å²) in [6.07, 6.45) is 1.02. The summed E-state index contributed by atoms with van der Waals surface area (Å²) in [7, 11) is 2.20. The predicted molar refractivity (Wildman–Crippen MR) is 55.8 cm³/mol. The third kappa shape index (κ3) is 3.90. The topological polar surface area (TPSA) is 26.3 Å². The van der Waals surface area contributed by atoms with Crippen LogP contribution in [0.15, 0.2) is 0 Å². The van der Waals surface area contributed by atoms with Gasteiger partial charge in [-0.15, -0.1) is 0 Å². The SMILES string of the molecule is CC[N+](C)(CC)CC1CC(C)OC1=O.[I-]. The molecular weight excluding hydrogens is 305 g/mol. The van der Waals surface area contributed by atoms with Crippen molar-refractivity contribution in [3.05, 3.63) is 0 Å². The molecule has 0 spiro atoms. The number of ether oxygens (including phenoxy) is 1. The van der Waals surface area contributed by atoms with Crippen LogP contribution in [0.5, 0.6) is 0 Å². The predicted octanol–water partition coefficient (Wildman–Crippen LogP) is -1.57. The summed E-state index contributed by atoms with van der Waals surface area (Å²) in [5.74, 6) is 0.124. The summed E-state index contributed by atoms with van der Waals surface area (Å²) in [6, 6.07) is 0. The van der Waals surface area contributed by atoms with Gasteiger partial charge in [-0.25, -0.2) is 0 Å². The fraction of sp³-hybridized carbons (Fsp3) is 0.909. The van der Waals surface area contributed by atoms with Gasteiger partial charge in [0.25, 0.3) is 0 Å². The van der Waals surface area contributed by atoms with E-state index >= 15 is 0 Å². The number of cyclic esters (lactones) is 1. The van der Waals surface area contributed by atoms with Crippen molar-refractivity contribution in [1.29, 1.82) is 0 Å². The molecule has 0 aromatic carbocycles. The van der Waals surface area contributed by atoms with Gasteiger partial charge >= 0.3 is 5.97 Å². The number of carbonyl (C=O) groups is 1. The third-order valence-corrected chi connectivity index (χ3v) is 3.46. The largest absolute Gasteiger partial charge is 1.00 e. The van der Waals surface area contributed by atoms with Gasteiger partial charge < -0.3 is 33.2 Å². The maximum Gasteiger partial charge on any atom is 0.315 e. The molecule has 2 unspecified atom stereocenters. The fourth-order valence-corrected chi connectivity index (χ4v) is 2.00. The average molecular weight is 327 g/mol. The van der Waals surface area contributed by atoms with Crippen molar-refractivity contribution in [3.63, 3.8) is 0 Å². The monoisotopic (exact) mass is 327 g/mol. The van der Waals surface area contributed by atoms with E-state index in [-0.39, 0.29) is 42.0 Å². The molecule has 0 amide bonds. The molecule has 15 heavy (non-hydrogen) atoms. The molecule has 0 saturated carbocycles. The number of halogens is 1. The summed E-state index contributed by atoms with van der Waals surface area (Å²) < 4.78 is 6.12. The number of carbonyl (C=O) groups excluding carboxylic acids is 1. The first-order valence-electron chi connectivity index (χ1n) is 5.54. The standard InChI is InChI=1S/C11H22NO2.HI/c1-5-12(4,6-2)8-10-7-9(3)14-11(10)13;/h9-10H,5-8H2,1-4H3;1H/q+1;/p-1. The van der Waals surface area contributed by atoms with Gasteiger partial charge in [0.15, 0.2) is 0 Å². The smallest absolute Gasteiger partial charge is 0.315 e. The number of esters is 1. The lowest BCUT2D eigenvalue weighted by Gasteiger charge is -2.33. The van der Waals surface area contributed by atoms with Crippen molar-refractivity contribution in [3.8, 4) is 0 Å². The van der Waals surface area contributed by atoms with Crippen LogP contribution in [0.3, 0.4) is 0 Å². The van der Waals surface area contributed by atoms with E-state index in [1.807, 2.05) is 6.92 Å². The molecule has 90 valence electrons. The van der Waals surface area contributed by atoms with Crippen LogP contribution in [-0.4, -0.2) is 43.2 Å². The zero-order chi connectivity index (χ0) is 10.8. The molecule has 0 radical (unpaired) electrons. The Labute approximate surface area is 110 Å². The Balaban J connectivity index is 0.00000196. The maximum atomic E-state index is 11.5. The lowest BCUT2D eigenvalue weighted by molar-refractivity contribution is -0.908. The van der Waals surface area contributed by atoms with Crippen LogP contribution in [-0.2, 0) is 9.53 Å². The van der Waals surface area contributed by atoms with Crippen LogP contribution < -0.4 is 24.0 Å². The molecule has 4 heteroatoms. The highest BCUT2D eigenvalue weighted by Crippen LogP contribution is 2.23. The number of hydrogen-bond acceptors (Lipinski definition) is 2. The van der Waals surface area contributed by atoms with Crippen LogP contribution in [0.1, 0.15) is 27.2 Å². The van der Waals surface area contributed by atoms with E-state index < -0.39 is 0 Å². The Kier molecular flexibility index (Phi) is 6.10. The Morgan fingerprint density at radius 1 is 1.40 bits per heavy atom. The quantitative estimate of drug-likeness (QED) is 0.354. The van der Waals surface area contributed by atoms with Crippen LogP contribution >= 0.6 is 0 Å². The molecule has 0 aromatic heterocycles. The summed E-state index contributed by atoms with van der Waals surface area (Å²) in [6.45, 7) is 9.40. The lowest BCUT2D eigenvalue weighted by atomic mass is 10.0. The number of rotatable bonds is 4. The first-order valence-corrected chi connectivity index (χ1v) is 5.54. The van der Waals surface area contributed by atoms with Gasteiger partial charge in [0.05, 0.1) is 26.7 Å². The summed E-state index contributed by atoms with van der Waals surface area (Å²) >= 11 is 0. The first-order chi connectivity index (χ1) is 6.50. The van der Waals surface area contributed by atoms with E-state index in [4.69, 9.17) is 4.74 Å². The van der Waals surface area contributed by atoms with Crippen molar-refractivity contribution >= 4 is 5.97 Å². The first kappa shape index (κ1) is 15.2. The Morgan fingerprint density at radius 2 is 1.93 bits per heavy atom. The maximum absolute atomic E-state index is 11.5. The number of quaternary nitrogens is 1. The molecule has 1 heterocycles. The highest BCUT2D eigenvalue weighted by molar-refractivity contribution is 5.74. The van der Waals surface area contributed by atoms with Gasteiger partial charge in [-0.1, -0.05) is 0 Å². The van der Waals surface area contributed by atoms with Gasteiger partial charge in [0.1, 0.15) is 12.0 Å². The molecule has 1 aliphatic heterocycles. The minimum Gasteiger partial charge on any atom is -1.00 e. The Bertz CT molecular complexity index is 217. The molecule has 0 aromatic rings. The van der Waals surface area contributed by atoms with Crippen molar-refractivity contribution < 1.29 is 38.0 Å². The molecule has 3 nitrogen and oxygen atoms in total. The average Bonchev–Trinajstić information content (AvgIpc) is 2.45. The van der Waals surface area contributed by atoms with Gasteiger partial charge in [0.2, 0.25) is 0 Å². The molecule has 1 aliphatic rings. The van der Waals surface area contributed by atoms with Gasteiger partial charge in [-0.2, -0.15) is 0 Å². The zero-order valence-corrected chi connectivity index (χ0v) is 12.3. The second-order valence-corrected chi connectivity index (χ2v) is 4.61. The summed E-state index contributed by atoms with van der Waals surface area (Å²) in [5.41, 5.74) is 0. The summed E-state index contributed by atoms with van der Waals surface area (Å²) in [5, 5.41) is 0. The summed E-state index contributed by atoms with van der Waals surface area (Å²) in [4.78, 5) is 11.5. The van der Waals surface area contributed by atoms with E-state index in [1.54, 1.807) is 0 Å². The lowest BCUT2D eigenvalue weighted by Crippen LogP contribution is -3.00. The minimum atomic E-state index is 0. The Morgan fingerprint density at radius 3 is 2.27 bits per heavy atom. The van der Waals surface area contributed by atoms with E-state index in [9.17, 15) is 4.79 Å². The second-order valence-electron chi connectivity index (χ2n) is 4.61. The van der Waals surface area contributed by atoms with Crippen LogP contribution in [0.4, 0.5) is 0 Å². The Hall–Kier alpha value is 0.160. The van der Waals surface area contributed by atoms with Gasteiger partial charge in [0, 0.05) is 6.42 Å². The molecular formula is C11H22INO2. The highest BCUT2D eigenvalue weighted by atomic mass is 127. The molecule has 0 aliphatic carbocycles. The van der Waals surface area contributed by atoms with Crippen molar-refractivity contribution in [2.24, 2.45) is 5.92 Å². The van der Waals surface area contributed by atoms with E-state index in [0.29, 0.717) is 0 Å². The molecule has 0 bridgehead atoms. The van der Waals surface area contributed by atoms with Crippen LogP contribution in [0, 0.1) is 5.92 Å². The number of hydrogen-bond donors (Lipinski definition) is 0. The second kappa shape index (κ2) is 6.03. The third-order valence-electron chi connectivity index (χ3n) is 3.46. The van der Waals surface area contributed by atoms with E-state index in [2.05, 4.69) is 20.9 Å². The van der Waals surface area contributed by atoms with Crippen LogP contribution in [0.25, 0.3) is 0 Å². The highest BCUT2D eigenvalue weighted by Gasteiger charge is 2.37. The van der Waals surface area contributed by atoms with Crippen molar-refractivity contribution in [2.45, 2.75) is 33.3 Å². The van der Waals surface area contributed by atoms with Crippen molar-refractivity contribution in [2.75, 3.05) is 26.7 Å². The molecule has 1 saturated heterocycles. The van der Waals surface area contributed by atoms with Crippen LogP contribution in [0.2, 0.25) is 0 Å². The number of nitrogens with zero attached hydrogens (tertiary/aromatic N) is 1. The van der Waals surface area contributed by atoms with Gasteiger partial charge in [-0.3, -0.25) is 4.79 Å². The zero-order valence-electron chi connectivity index (χ0n) is 10.1. The normalized spacial score (nSPS) is 26.0.